The molecule has 1 aliphatic heterocycles. The Morgan fingerprint density at radius 1 is 1.32 bits per heavy atom. The molecule has 9 nitrogen and oxygen atoms in total. The van der Waals surface area contributed by atoms with E-state index in [1.54, 1.807) is 18.3 Å². The number of likely N-dealkylation sites (tertiary alicyclic amines) is 1. The van der Waals surface area contributed by atoms with Crippen LogP contribution in [-0.4, -0.2) is 50.1 Å². The zero-order valence-corrected chi connectivity index (χ0v) is 21.5. The lowest BCUT2D eigenvalue weighted by Crippen LogP contribution is -2.44. The number of aromatic nitrogens is 4. The third kappa shape index (κ3) is 5.63. The number of aryl methyl sites for hydroxylation is 2. The van der Waals surface area contributed by atoms with Crippen molar-refractivity contribution in [3.05, 3.63) is 50.6 Å². The highest BCUT2D eigenvalue weighted by Crippen LogP contribution is 2.35. The summed E-state index contributed by atoms with van der Waals surface area (Å²) in [6, 6.07) is 5.48. The maximum absolute atomic E-state index is 15.1. The van der Waals surface area contributed by atoms with Crippen molar-refractivity contribution >= 4 is 51.8 Å². The predicted octanol–water partition coefficient (Wildman–Crippen LogP) is 4.10. The normalized spacial score (nSPS) is 18.6. The molecule has 3 aromatic rings. The molecular formula is C23H28FIN8O. The summed E-state index contributed by atoms with van der Waals surface area (Å²) in [6.45, 7) is 7.01. The molecule has 2 unspecified atom stereocenters. The van der Waals surface area contributed by atoms with Gasteiger partial charge in [-0.3, -0.25) is 14.8 Å². The molecule has 3 heterocycles. The lowest BCUT2D eigenvalue weighted by atomic mass is 9.83. The third-order valence-corrected chi connectivity index (χ3v) is 6.90. The molecule has 1 amide bonds. The number of carbonyl (C=O) groups excluding carboxylic acids is 1. The second-order valence-electron chi connectivity index (χ2n) is 8.77. The molecule has 2 aromatic heterocycles. The summed E-state index contributed by atoms with van der Waals surface area (Å²) in [5, 5.41) is 13.2. The zero-order chi connectivity index (χ0) is 24.4. The van der Waals surface area contributed by atoms with E-state index in [0.717, 1.165) is 39.8 Å². The van der Waals surface area contributed by atoms with Crippen molar-refractivity contribution in [2.45, 2.75) is 45.6 Å². The summed E-state index contributed by atoms with van der Waals surface area (Å²) in [5.41, 5.74) is 8.60. The molecule has 1 aliphatic rings. The van der Waals surface area contributed by atoms with Crippen molar-refractivity contribution in [3.63, 3.8) is 0 Å². The molecule has 180 valence electrons. The molecule has 34 heavy (non-hydrogen) atoms. The molecule has 0 radical (unpaired) electrons. The molecular weight excluding hydrogens is 550 g/mol. The molecule has 5 N–H and O–H groups in total. The quantitative estimate of drug-likeness (QED) is 0.311. The van der Waals surface area contributed by atoms with Crippen molar-refractivity contribution < 1.29 is 9.18 Å². The van der Waals surface area contributed by atoms with Crippen LogP contribution in [0.15, 0.2) is 24.4 Å². The van der Waals surface area contributed by atoms with Gasteiger partial charge >= 0.3 is 0 Å². The van der Waals surface area contributed by atoms with Crippen LogP contribution in [0.1, 0.15) is 42.5 Å². The number of carbonyl (C=O) groups is 1. The summed E-state index contributed by atoms with van der Waals surface area (Å²) >= 11 is 2.14. The lowest BCUT2D eigenvalue weighted by Gasteiger charge is -2.37. The number of H-pyrrole nitrogens is 1. The number of nitrogens with one attached hydrogen (secondary N) is 3. The Kier molecular flexibility index (Phi) is 7.31. The fourth-order valence-corrected chi connectivity index (χ4v) is 4.80. The minimum Gasteiger partial charge on any atom is -0.369 e. The van der Waals surface area contributed by atoms with E-state index in [4.69, 9.17) is 5.73 Å². The van der Waals surface area contributed by atoms with Gasteiger partial charge in [0.05, 0.1) is 15.8 Å². The van der Waals surface area contributed by atoms with E-state index >= 15 is 4.39 Å². The molecule has 0 saturated carbocycles. The number of amides is 1. The van der Waals surface area contributed by atoms with Crippen LogP contribution in [-0.2, 0) is 4.79 Å². The van der Waals surface area contributed by atoms with Gasteiger partial charge in [0.15, 0.2) is 11.6 Å². The Labute approximate surface area is 211 Å². The molecule has 2 atom stereocenters. The van der Waals surface area contributed by atoms with Crippen LogP contribution in [0.3, 0.4) is 0 Å². The standard InChI is InChI=1S/C23H28FIN8O/c1-12-6-19(17(24)9-16(12)15-4-5-33(11-20(26)34)14(3)8-15)28-23-27-10-18(25)22(30-23)29-21-7-13(2)31-32-21/h6-7,9-10,14-15H,4-5,8,11H2,1-3H3,(H2,26,34)(H3,27,28,29,30,31,32). The van der Waals surface area contributed by atoms with Crippen molar-refractivity contribution in [1.29, 1.82) is 0 Å². The van der Waals surface area contributed by atoms with Gasteiger partial charge in [-0.15, -0.1) is 0 Å². The number of primary amides is 1. The second-order valence-corrected chi connectivity index (χ2v) is 9.93. The van der Waals surface area contributed by atoms with Gasteiger partial charge in [-0.1, -0.05) is 0 Å². The number of rotatable bonds is 7. The van der Waals surface area contributed by atoms with Gasteiger partial charge in [0.2, 0.25) is 11.9 Å². The number of nitrogens with two attached hydrogens (primary N) is 1. The summed E-state index contributed by atoms with van der Waals surface area (Å²) in [6.07, 6.45) is 3.37. The SMILES string of the molecule is Cc1cc(Nc2nc(Nc3cc(C)c(C4CCN(CC(N)=O)C(C)C4)cc3F)ncc2I)n[nH]1. The Bertz CT molecular complexity index is 1200. The van der Waals surface area contributed by atoms with Crippen LogP contribution >= 0.6 is 22.6 Å². The number of anilines is 4. The van der Waals surface area contributed by atoms with Crippen molar-refractivity contribution in [3.8, 4) is 0 Å². The highest BCUT2D eigenvalue weighted by Gasteiger charge is 2.28. The zero-order valence-electron chi connectivity index (χ0n) is 19.3. The number of hydrogen-bond donors (Lipinski definition) is 4. The summed E-state index contributed by atoms with van der Waals surface area (Å²) < 4.78 is 15.9. The second kappa shape index (κ2) is 10.2. The average Bonchev–Trinajstić information content (AvgIpc) is 3.18. The first-order valence-corrected chi connectivity index (χ1v) is 12.2. The summed E-state index contributed by atoms with van der Waals surface area (Å²) in [4.78, 5) is 22.2. The van der Waals surface area contributed by atoms with E-state index < -0.39 is 0 Å². The molecule has 1 saturated heterocycles. The Morgan fingerprint density at radius 2 is 2.12 bits per heavy atom. The first-order valence-electron chi connectivity index (χ1n) is 11.1. The van der Waals surface area contributed by atoms with Crippen molar-refractivity contribution in [2.24, 2.45) is 5.73 Å². The number of aromatic amines is 1. The maximum Gasteiger partial charge on any atom is 0.231 e. The topological polar surface area (TPSA) is 125 Å². The van der Waals surface area contributed by atoms with E-state index in [0.29, 0.717) is 17.3 Å². The van der Waals surface area contributed by atoms with Gasteiger partial charge in [-0.05, 0) is 91.9 Å². The molecule has 1 aromatic carbocycles. The van der Waals surface area contributed by atoms with E-state index in [-0.39, 0.29) is 36.2 Å². The van der Waals surface area contributed by atoms with Crippen molar-refractivity contribution in [2.75, 3.05) is 23.7 Å². The fourth-order valence-electron chi connectivity index (χ4n) is 4.41. The highest BCUT2D eigenvalue weighted by molar-refractivity contribution is 14.1. The number of piperidine rings is 1. The molecule has 0 aliphatic carbocycles. The van der Waals surface area contributed by atoms with Crippen LogP contribution in [0.5, 0.6) is 0 Å². The van der Waals surface area contributed by atoms with Crippen LogP contribution < -0.4 is 16.4 Å². The molecule has 1 fully saturated rings. The van der Waals surface area contributed by atoms with Crippen LogP contribution in [0.4, 0.5) is 27.7 Å². The van der Waals surface area contributed by atoms with Crippen LogP contribution in [0, 0.1) is 23.2 Å². The summed E-state index contributed by atoms with van der Waals surface area (Å²) in [5.74, 6) is 1.06. The molecule has 4 rings (SSSR count). The van der Waals surface area contributed by atoms with E-state index in [1.165, 1.54) is 0 Å². The van der Waals surface area contributed by atoms with E-state index in [9.17, 15) is 4.79 Å². The first kappa shape index (κ1) is 24.3. The van der Waals surface area contributed by atoms with Gasteiger partial charge in [-0.2, -0.15) is 10.1 Å². The number of nitrogens with zero attached hydrogens (tertiary/aromatic N) is 4. The van der Waals surface area contributed by atoms with Gasteiger partial charge < -0.3 is 16.4 Å². The minimum atomic E-state index is -0.354. The molecule has 0 bridgehead atoms. The van der Waals surface area contributed by atoms with Gasteiger partial charge in [0.1, 0.15) is 5.82 Å². The van der Waals surface area contributed by atoms with Gasteiger partial charge in [0.25, 0.3) is 0 Å². The third-order valence-electron chi connectivity index (χ3n) is 6.11. The van der Waals surface area contributed by atoms with Crippen LogP contribution in [0.25, 0.3) is 0 Å². The minimum absolute atomic E-state index is 0.205. The molecule has 0 spiro atoms. The number of halogens is 2. The van der Waals surface area contributed by atoms with E-state index in [2.05, 4.69) is 65.2 Å². The fraction of sp³-hybridized carbons (Fsp3) is 0.391. The predicted molar refractivity (Wildman–Crippen MR) is 138 cm³/mol. The van der Waals surface area contributed by atoms with E-state index in [1.807, 2.05) is 19.9 Å². The number of hydrogen-bond acceptors (Lipinski definition) is 7. The van der Waals surface area contributed by atoms with Crippen molar-refractivity contribution in [1.82, 2.24) is 25.1 Å². The Morgan fingerprint density at radius 3 is 2.79 bits per heavy atom. The maximum atomic E-state index is 15.1. The first-order chi connectivity index (χ1) is 16.2. The highest BCUT2D eigenvalue weighted by atomic mass is 127. The van der Waals surface area contributed by atoms with Crippen LogP contribution in [0.2, 0.25) is 0 Å². The smallest absolute Gasteiger partial charge is 0.231 e. The largest absolute Gasteiger partial charge is 0.369 e. The Hall–Kier alpha value is -2.80. The number of benzene rings is 1. The van der Waals surface area contributed by atoms with Gasteiger partial charge in [0, 0.05) is 24.0 Å². The lowest BCUT2D eigenvalue weighted by molar-refractivity contribution is -0.120. The van der Waals surface area contributed by atoms with Gasteiger partial charge in [-0.25, -0.2) is 9.37 Å². The summed E-state index contributed by atoms with van der Waals surface area (Å²) in [7, 11) is 0. The monoisotopic (exact) mass is 578 g/mol. The molecule has 11 heteroatoms. The Balaban J connectivity index is 1.49. The average molecular weight is 578 g/mol.